The van der Waals surface area contributed by atoms with Crippen LogP contribution in [0.15, 0.2) is 60.9 Å². The van der Waals surface area contributed by atoms with Gasteiger partial charge in [0.2, 0.25) is 0 Å². The monoisotopic (exact) mass is 418 g/mol. The van der Waals surface area contributed by atoms with Crippen molar-refractivity contribution in [1.82, 2.24) is 4.57 Å². The summed E-state index contributed by atoms with van der Waals surface area (Å²) in [5.74, 6) is -0.412. The van der Waals surface area contributed by atoms with Gasteiger partial charge in [0.1, 0.15) is 12.4 Å². The molecule has 0 aliphatic carbocycles. The van der Waals surface area contributed by atoms with Crippen LogP contribution in [-0.2, 0) is 10.9 Å². The second-order valence-electron chi connectivity index (χ2n) is 6.60. The molecule has 1 N–H and O–H groups in total. The lowest BCUT2D eigenvalue weighted by molar-refractivity contribution is -0.137. The highest BCUT2D eigenvalue weighted by atomic mass is 19.4. The number of ether oxygens (including phenoxy) is 2. The van der Waals surface area contributed by atoms with E-state index in [0.717, 1.165) is 23.4 Å². The number of amides is 1. The van der Waals surface area contributed by atoms with Crippen molar-refractivity contribution in [2.75, 3.05) is 25.6 Å². The molecule has 3 rings (SSSR count). The minimum atomic E-state index is -4.55. The third-order valence-electron chi connectivity index (χ3n) is 4.45. The number of alkyl halides is 3. The smallest absolute Gasteiger partial charge is 0.416 e. The standard InChI is InChI=1S/C22H21F3N2O3/c1-15-5-6-16(13-19(15)27-9-3-4-10-27)21(28)26-18-14-17(22(23,24)25)7-8-20(18)30-12-11-29-2/h3-10,13-14H,11-12H2,1-2H3,(H,26,28). The number of aromatic nitrogens is 1. The van der Waals surface area contributed by atoms with Gasteiger partial charge in [-0.2, -0.15) is 13.2 Å². The molecule has 0 spiro atoms. The van der Waals surface area contributed by atoms with Crippen LogP contribution in [-0.4, -0.2) is 30.8 Å². The predicted molar refractivity (Wildman–Crippen MR) is 107 cm³/mol. The average molecular weight is 418 g/mol. The Morgan fingerprint density at radius 2 is 1.80 bits per heavy atom. The second-order valence-corrected chi connectivity index (χ2v) is 6.60. The zero-order chi connectivity index (χ0) is 21.7. The van der Waals surface area contributed by atoms with Crippen LogP contribution in [0.2, 0.25) is 0 Å². The normalized spacial score (nSPS) is 11.4. The minimum absolute atomic E-state index is 0.0611. The Labute approximate surface area is 172 Å². The van der Waals surface area contributed by atoms with Crippen LogP contribution >= 0.6 is 0 Å². The maximum Gasteiger partial charge on any atom is 0.416 e. The predicted octanol–water partition coefficient (Wildman–Crippen LogP) is 5.08. The summed E-state index contributed by atoms with van der Waals surface area (Å²) in [6, 6.07) is 11.8. The number of hydrogen-bond donors (Lipinski definition) is 1. The number of nitrogens with one attached hydrogen (secondary N) is 1. The van der Waals surface area contributed by atoms with Crippen molar-refractivity contribution in [3.8, 4) is 11.4 Å². The Morgan fingerprint density at radius 3 is 2.47 bits per heavy atom. The molecular formula is C22H21F3N2O3. The van der Waals surface area contributed by atoms with Crippen LogP contribution in [0.25, 0.3) is 5.69 Å². The molecule has 3 aromatic rings. The summed E-state index contributed by atoms with van der Waals surface area (Å²) in [5.41, 5.74) is 1.12. The van der Waals surface area contributed by atoms with Gasteiger partial charge in [-0.3, -0.25) is 4.79 Å². The van der Waals surface area contributed by atoms with Crippen molar-refractivity contribution in [3.63, 3.8) is 0 Å². The van der Waals surface area contributed by atoms with E-state index in [4.69, 9.17) is 9.47 Å². The molecule has 1 heterocycles. The number of aryl methyl sites for hydroxylation is 1. The summed E-state index contributed by atoms with van der Waals surface area (Å²) in [7, 11) is 1.48. The largest absolute Gasteiger partial charge is 0.489 e. The molecule has 0 aliphatic rings. The molecule has 1 amide bonds. The van der Waals surface area contributed by atoms with E-state index in [2.05, 4.69) is 5.32 Å². The first kappa shape index (κ1) is 21.4. The lowest BCUT2D eigenvalue weighted by Gasteiger charge is -2.16. The summed E-state index contributed by atoms with van der Waals surface area (Å²) in [4.78, 5) is 12.8. The van der Waals surface area contributed by atoms with Crippen molar-refractivity contribution in [3.05, 3.63) is 77.6 Å². The molecule has 8 heteroatoms. The number of halogens is 3. The van der Waals surface area contributed by atoms with Gasteiger partial charge in [-0.25, -0.2) is 0 Å². The molecule has 0 saturated heterocycles. The topological polar surface area (TPSA) is 52.5 Å². The van der Waals surface area contributed by atoms with Crippen LogP contribution < -0.4 is 10.1 Å². The van der Waals surface area contributed by atoms with E-state index >= 15 is 0 Å². The van der Waals surface area contributed by atoms with Crippen LogP contribution in [0.5, 0.6) is 5.75 Å². The van der Waals surface area contributed by atoms with Crippen LogP contribution in [0, 0.1) is 6.92 Å². The van der Waals surface area contributed by atoms with Crippen LogP contribution in [0.3, 0.4) is 0 Å². The molecule has 0 radical (unpaired) electrons. The fraction of sp³-hybridized carbons (Fsp3) is 0.227. The van der Waals surface area contributed by atoms with Crippen molar-refractivity contribution < 1.29 is 27.4 Å². The van der Waals surface area contributed by atoms with Gasteiger partial charge in [0.05, 0.1) is 17.9 Å². The van der Waals surface area contributed by atoms with E-state index in [1.54, 1.807) is 18.2 Å². The average Bonchev–Trinajstić information content (AvgIpc) is 3.23. The first-order valence-corrected chi connectivity index (χ1v) is 9.18. The molecule has 0 unspecified atom stereocenters. The summed E-state index contributed by atoms with van der Waals surface area (Å²) in [6.45, 7) is 2.30. The number of rotatable bonds is 7. The van der Waals surface area contributed by atoms with E-state index < -0.39 is 17.6 Å². The molecular weight excluding hydrogens is 397 g/mol. The van der Waals surface area contributed by atoms with Crippen LogP contribution in [0.1, 0.15) is 21.5 Å². The Morgan fingerprint density at radius 1 is 1.07 bits per heavy atom. The Hall–Kier alpha value is -3.26. The zero-order valence-electron chi connectivity index (χ0n) is 16.5. The van der Waals surface area contributed by atoms with Gasteiger partial charge in [0.25, 0.3) is 5.91 Å². The van der Waals surface area contributed by atoms with E-state index in [-0.39, 0.29) is 24.7 Å². The molecule has 0 bridgehead atoms. The van der Waals surface area contributed by atoms with E-state index in [9.17, 15) is 18.0 Å². The highest BCUT2D eigenvalue weighted by molar-refractivity contribution is 6.05. The maximum atomic E-state index is 13.1. The minimum Gasteiger partial charge on any atom is -0.489 e. The first-order valence-electron chi connectivity index (χ1n) is 9.18. The molecule has 158 valence electrons. The van der Waals surface area contributed by atoms with Gasteiger partial charge >= 0.3 is 6.18 Å². The Bertz CT molecular complexity index is 1010. The summed E-state index contributed by atoms with van der Waals surface area (Å²) < 4.78 is 51.7. The molecule has 0 aliphatic heterocycles. The maximum absolute atomic E-state index is 13.1. The van der Waals surface area contributed by atoms with E-state index in [1.165, 1.54) is 13.2 Å². The number of benzene rings is 2. The number of carbonyl (C=O) groups is 1. The Kier molecular flexibility index (Phi) is 6.47. The fourth-order valence-electron chi connectivity index (χ4n) is 2.88. The van der Waals surface area contributed by atoms with Crippen LogP contribution in [0.4, 0.5) is 18.9 Å². The van der Waals surface area contributed by atoms with E-state index in [1.807, 2.05) is 36.0 Å². The molecule has 30 heavy (non-hydrogen) atoms. The zero-order valence-corrected chi connectivity index (χ0v) is 16.5. The summed E-state index contributed by atoms with van der Waals surface area (Å²) in [5, 5.41) is 2.54. The van der Waals surface area contributed by atoms with Gasteiger partial charge in [0, 0.05) is 30.8 Å². The van der Waals surface area contributed by atoms with Crippen molar-refractivity contribution in [2.24, 2.45) is 0 Å². The van der Waals surface area contributed by atoms with Crippen molar-refractivity contribution in [1.29, 1.82) is 0 Å². The molecule has 5 nitrogen and oxygen atoms in total. The molecule has 2 aromatic carbocycles. The number of anilines is 1. The van der Waals surface area contributed by atoms with Gasteiger partial charge in [-0.05, 0) is 55.0 Å². The van der Waals surface area contributed by atoms with E-state index in [0.29, 0.717) is 5.56 Å². The van der Waals surface area contributed by atoms with Crippen molar-refractivity contribution >= 4 is 11.6 Å². The van der Waals surface area contributed by atoms with Gasteiger partial charge in [0.15, 0.2) is 0 Å². The lowest BCUT2D eigenvalue weighted by atomic mass is 10.1. The van der Waals surface area contributed by atoms with Gasteiger partial charge < -0.3 is 19.4 Å². The number of hydrogen-bond acceptors (Lipinski definition) is 3. The second kappa shape index (κ2) is 9.04. The number of methoxy groups -OCH3 is 1. The summed E-state index contributed by atoms with van der Waals surface area (Å²) >= 11 is 0. The highest BCUT2D eigenvalue weighted by Gasteiger charge is 2.31. The fourth-order valence-corrected chi connectivity index (χ4v) is 2.88. The molecule has 0 fully saturated rings. The number of nitrogens with zero attached hydrogens (tertiary/aromatic N) is 1. The van der Waals surface area contributed by atoms with Crippen molar-refractivity contribution in [2.45, 2.75) is 13.1 Å². The lowest BCUT2D eigenvalue weighted by Crippen LogP contribution is -2.16. The number of carbonyl (C=O) groups excluding carboxylic acids is 1. The third-order valence-corrected chi connectivity index (χ3v) is 4.45. The van der Waals surface area contributed by atoms with Gasteiger partial charge in [-0.1, -0.05) is 6.07 Å². The molecule has 1 aromatic heterocycles. The Balaban J connectivity index is 1.90. The molecule has 0 saturated carbocycles. The summed E-state index contributed by atoms with van der Waals surface area (Å²) in [6.07, 6.45) is -0.854. The quantitative estimate of drug-likeness (QED) is 0.545. The molecule has 0 atom stereocenters. The SMILES string of the molecule is COCCOc1ccc(C(F)(F)F)cc1NC(=O)c1ccc(C)c(-n2cccc2)c1. The third kappa shape index (κ3) is 5.01. The highest BCUT2D eigenvalue weighted by Crippen LogP contribution is 2.35. The first-order chi connectivity index (χ1) is 14.3. The van der Waals surface area contributed by atoms with Gasteiger partial charge in [-0.15, -0.1) is 0 Å².